The predicted octanol–water partition coefficient (Wildman–Crippen LogP) is 1.57. The van der Waals surface area contributed by atoms with Crippen LogP contribution in [0.5, 0.6) is 0 Å². The van der Waals surface area contributed by atoms with Gasteiger partial charge in [-0.05, 0) is 25.4 Å². The van der Waals surface area contributed by atoms with Crippen LogP contribution in [0, 0.1) is 0 Å². The van der Waals surface area contributed by atoms with Gasteiger partial charge >= 0.3 is 5.97 Å². The van der Waals surface area contributed by atoms with E-state index in [1.807, 2.05) is 17.5 Å². The van der Waals surface area contributed by atoms with Gasteiger partial charge in [0, 0.05) is 4.88 Å². The Bertz CT molecular complexity index is 259. The summed E-state index contributed by atoms with van der Waals surface area (Å²) in [6.07, 6.45) is 0. The van der Waals surface area contributed by atoms with E-state index in [9.17, 15) is 4.79 Å². The summed E-state index contributed by atoms with van der Waals surface area (Å²) in [5.41, 5.74) is 0. The Labute approximate surface area is 81.7 Å². The molecule has 0 fully saturated rings. The summed E-state index contributed by atoms with van der Waals surface area (Å²) in [6, 6.07) is 3.52. The number of rotatable bonds is 4. The maximum Gasteiger partial charge on any atom is 0.328 e. The van der Waals surface area contributed by atoms with Gasteiger partial charge in [0.1, 0.15) is 6.04 Å². The number of esters is 1. The van der Waals surface area contributed by atoms with Gasteiger partial charge in [-0.2, -0.15) is 0 Å². The van der Waals surface area contributed by atoms with Crippen molar-refractivity contribution in [3.05, 3.63) is 22.4 Å². The molecule has 0 aliphatic carbocycles. The first-order valence-corrected chi connectivity index (χ1v) is 5.04. The number of ether oxygens (including phenoxy) is 1. The summed E-state index contributed by atoms with van der Waals surface area (Å²) in [4.78, 5) is 12.4. The van der Waals surface area contributed by atoms with Gasteiger partial charge in [0.2, 0.25) is 0 Å². The number of carbonyl (C=O) groups excluding carboxylic acids is 1. The van der Waals surface area contributed by atoms with Crippen molar-refractivity contribution in [2.75, 3.05) is 13.7 Å². The monoisotopic (exact) mass is 199 g/mol. The SMILES string of the molecule is CCOC(=O)C(NC)c1cccs1. The highest BCUT2D eigenvalue weighted by Gasteiger charge is 2.20. The summed E-state index contributed by atoms with van der Waals surface area (Å²) < 4.78 is 4.92. The van der Waals surface area contributed by atoms with Gasteiger partial charge in [-0.1, -0.05) is 6.07 Å². The van der Waals surface area contributed by atoms with Crippen molar-refractivity contribution >= 4 is 17.3 Å². The molecule has 0 aliphatic heterocycles. The first-order valence-electron chi connectivity index (χ1n) is 4.17. The summed E-state index contributed by atoms with van der Waals surface area (Å²) in [5.74, 6) is -0.215. The summed E-state index contributed by atoms with van der Waals surface area (Å²) in [5, 5.41) is 4.87. The van der Waals surface area contributed by atoms with Gasteiger partial charge in [-0.3, -0.25) is 0 Å². The number of hydrogen-bond acceptors (Lipinski definition) is 4. The van der Waals surface area contributed by atoms with Crippen LogP contribution in [0.1, 0.15) is 17.8 Å². The number of nitrogens with one attached hydrogen (secondary N) is 1. The highest BCUT2D eigenvalue weighted by Crippen LogP contribution is 2.19. The quantitative estimate of drug-likeness (QED) is 0.748. The number of likely N-dealkylation sites (N-methyl/N-ethyl adjacent to an activating group) is 1. The minimum atomic E-state index is -0.319. The second-order valence-electron chi connectivity index (χ2n) is 2.49. The van der Waals surface area contributed by atoms with Crippen LogP contribution in [0.4, 0.5) is 0 Å². The standard InChI is InChI=1S/C9H13NO2S/c1-3-12-9(11)8(10-2)7-5-4-6-13-7/h4-6,8,10H,3H2,1-2H3. The molecule has 1 unspecified atom stereocenters. The van der Waals surface area contributed by atoms with Crippen LogP contribution >= 0.6 is 11.3 Å². The van der Waals surface area contributed by atoms with Crippen molar-refractivity contribution in [1.82, 2.24) is 5.32 Å². The minimum absolute atomic E-state index is 0.215. The van der Waals surface area contributed by atoms with Gasteiger partial charge in [0.15, 0.2) is 0 Å². The van der Waals surface area contributed by atoms with Gasteiger partial charge in [0.05, 0.1) is 6.61 Å². The first-order chi connectivity index (χ1) is 6.29. The first kappa shape index (κ1) is 10.2. The van der Waals surface area contributed by atoms with Crippen LogP contribution in [0.15, 0.2) is 17.5 Å². The van der Waals surface area contributed by atoms with E-state index in [0.29, 0.717) is 6.61 Å². The van der Waals surface area contributed by atoms with Crippen molar-refractivity contribution in [2.45, 2.75) is 13.0 Å². The Morgan fingerprint density at radius 2 is 2.54 bits per heavy atom. The fraction of sp³-hybridized carbons (Fsp3) is 0.444. The third-order valence-electron chi connectivity index (χ3n) is 1.64. The molecule has 0 aromatic carbocycles. The zero-order chi connectivity index (χ0) is 9.68. The Balaban J connectivity index is 2.68. The zero-order valence-electron chi connectivity index (χ0n) is 7.74. The van der Waals surface area contributed by atoms with E-state index in [4.69, 9.17) is 4.74 Å². The summed E-state index contributed by atoms with van der Waals surface area (Å²) >= 11 is 1.55. The smallest absolute Gasteiger partial charge is 0.328 e. The number of hydrogen-bond donors (Lipinski definition) is 1. The average Bonchev–Trinajstić information content (AvgIpc) is 2.59. The molecule has 1 atom stereocenters. The largest absolute Gasteiger partial charge is 0.465 e. The van der Waals surface area contributed by atoms with E-state index in [-0.39, 0.29) is 12.0 Å². The zero-order valence-corrected chi connectivity index (χ0v) is 8.56. The third kappa shape index (κ3) is 2.54. The van der Waals surface area contributed by atoms with Gasteiger partial charge in [0.25, 0.3) is 0 Å². The lowest BCUT2D eigenvalue weighted by atomic mass is 10.2. The van der Waals surface area contributed by atoms with E-state index in [0.717, 1.165) is 4.88 Å². The molecular formula is C9H13NO2S. The van der Waals surface area contributed by atoms with Crippen molar-refractivity contribution < 1.29 is 9.53 Å². The summed E-state index contributed by atoms with van der Waals surface area (Å²) in [7, 11) is 1.75. The van der Waals surface area contributed by atoms with E-state index in [2.05, 4.69) is 5.32 Å². The molecule has 0 amide bonds. The molecule has 0 spiro atoms. The fourth-order valence-corrected chi connectivity index (χ4v) is 1.88. The van der Waals surface area contributed by atoms with Crippen LogP contribution in [-0.4, -0.2) is 19.6 Å². The molecule has 1 heterocycles. The van der Waals surface area contributed by atoms with E-state index in [1.54, 1.807) is 25.3 Å². The van der Waals surface area contributed by atoms with Crippen LogP contribution in [0.2, 0.25) is 0 Å². The Kier molecular flexibility index (Phi) is 3.92. The van der Waals surface area contributed by atoms with Crippen molar-refractivity contribution in [3.63, 3.8) is 0 Å². The molecule has 0 bridgehead atoms. The van der Waals surface area contributed by atoms with Crippen molar-refractivity contribution in [1.29, 1.82) is 0 Å². The summed E-state index contributed by atoms with van der Waals surface area (Å²) in [6.45, 7) is 2.22. The molecule has 72 valence electrons. The van der Waals surface area contributed by atoms with Gasteiger partial charge in [-0.15, -0.1) is 11.3 Å². The molecule has 1 rings (SSSR count). The minimum Gasteiger partial charge on any atom is -0.465 e. The highest BCUT2D eigenvalue weighted by molar-refractivity contribution is 7.10. The predicted molar refractivity (Wildman–Crippen MR) is 52.8 cm³/mol. The number of thiophene rings is 1. The molecule has 1 aromatic heterocycles. The Morgan fingerprint density at radius 1 is 1.77 bits per heavy atom. The average molecular weight is 199 g/mol. The maximum atomic E-state index is 11.4. The van der Waals surface area contributed by atoms with Crippen LogP contribution in [-0.2, 0) is 9.53 Å². The van der Waals surface area contributed by atoms with Gasteiger partial charge < -0.3 is 10.1 Å². The Morgan fingerprint density at radius 3 is 3.00 bits per heavy atom. The van der Waals surface area contributed by atoms with Crippen LogP contribution in [0.25, 0.3) is 0 Å². The topological polar surface area (TPSA) is 38.3 Å². The molecule has 0 saturated carbocycles. The van der Waals surface area contributed by atoms with Crippen LogP contribution in [0.3, 0.4) is 0 Å². The molecular weight excluding hydrogens is 186 g/mol. The third-order valence-corrected chi connectivity index (χ3v) is 2.58. The lowest BCUT2D eigenvalue weighted by molar-refractivity contribution is -0.145. The molecule has 3 nitrogen and oxygen atoms in total. The van der Waals surface area contributed by atoms with Crippen molar-refractivity contribution in [3.8, 4) is 0 Å². The molecule has 1 N–H and O–H groups in total. The van der Waals surface area contributed by atoms with Crippen molar-refractivity contribution in [2.24, 2.45) is 0 Å². The maximum absolute atomic E-state index is 11.4. The second-order valence-corrected chi connectivity index (χ2v) is 3.47. The van der Waals surface area contributed by atoms with E-state index in [1.165, 1.54) is 0 Å². The van der Waals surface area contributed by atoms with E-state index >= 15 is 0 Å². The molecule has 0 saturated heterocycles. The van der Waals surface area contributed by atoms with Gasteiger partial charge in [-0.25, -0.2) is 4.79 Å². The molecule has 13 heavy (non-hydrogen) atoms. The highest BCUT2D eigenvalue weighted by atomic mass is 32.1. The second kappa shape index (κ2) is 4.99. The normalized spacial score (nSPS) is 12.5. The lowest BCUT2D eigenvalue weighted by Crippen LogP contribution is -2.26. The fourth-order valence-electron chi connectivity index (χ4n) is 1.06. The lowest BCUT2D eigenvalue weighted by Gasteiger charge is -2.12. The number of carbonyl (C=O) groups is 1. The van der Waals surface area contributed by atoms with E-state index < -0.39 is 0 Å². The van der Waals surface area contributed by atoms with Crippen LogP contribution < -0.4 is 5.32 Å². The molecule has 0 radical (unpaired) electrons. The molecule has 0 aliphatic rings. The Hall–Kier alpha value is -0.870. The molecule has 1 aromatic rings. The molecule has 4 heteroatoms.